The number of carboxylic acid groups (broad SMARTS) is 1. The molecule has 0 unspecified atom stereocenters. The molecule has 17 heavy (non-hydrogen) atoms. The van der Waals surface area contributed by atoms with Crippen LogP contribution in [0.2, 0.25) is 0 Å². The summed E-state index contributed by atoms with van der Waals surface area (Å²) in [6, 6.07) is 9.19. The van der Waals surface area contributed by atoms with E-state index < -0.39 is 5.97 Å². The van der Waals surface area contributed by atoms with Crippen LogP contribution in [0.25, 0.3) is 5.69 Å². The van der Waals surface area contributed by atoms with Gasteiger partial charge >= 0.3 is 5.97 Å². The van der Waals surface area contributed by atoms with Crippen LogP contribution in [0.3, 0.4) is 0 Å². The first-order valence-electron chi connectivity index (χ1n) is 4.86. The normalized spacial score (nSPS) is 10.4. The first-order valence-corrected chi connectivity index (χ1v) is 6.09. The van der Waals surface area contributed by atoms with Crippen molar-refractivity contribution in [1.29, 1.82) is 0 Å². The lowest BCUT2D eigenvalue weighted by molar-refractivity contribution is 0.0694. The topological polar surface area (TPSA) is 81.1 Å². The Balaban J connectivity index is 2.61. The molecule has 0 aliphatic heterocycles. The number of nitrogens with zero attached hydrogens (tertiary/aromatic N) is 2. The monoisotopic (exact) mass is 249 g/mol. The smallest absolute Gasteiger partial charge is 0.342 e. The molecule has 0 fully saturated rings. The molecule has 0 atom stereocenters. The predicted molar refractivity (Wildman–Crippen MR) is 66.7 cm³/mol. The van der Waals surface area contributed by atoms with Gasteiger partial charge in [0.2, 0.25) is 0 Å². The van der Waals surface area contributed by atoms with Crippen molar-refractivity contribution in [2.24, 2.45) is 0 Å². The molecular formula is C11H11N3O2S. The molecule has 0 saturated heterocycles. The van der Waals surface area contributed by atoms with Crippen molar-refractivity contribution < 1.29 is 9.90 Å². The fourth-order valence-electron chi connectivity index (χ4n) is 1.52. The number of nitrogen functional groups attached to an aromatic ring is 1. The maximum atomic E-state index is 11.1. The number of thioether (sulfide) groups is 1. The number of rotatable bonds is 3. The number of nitrogens with two attached hydrogens (primary N) is 1. The first kappa shape index (κ1) is 11.5. The minimum atomic E-state index is -1.06. The van der Waals surface area contributed by atoms with Crippen LogP contribution in [0.15, 0.2) is 35.4 Å². The summed E-state index contributed by atoms with van der Waals surface area (Å²) in [5, 5.41) is 13.7. The third kappa shape index (κ3) is 1.99. The number of hydrogen-bond acceptors (Lipinski definition) is 4. The van der Waals surface area contributed by atoms with Crippen LogP contribution >= 0.6 is 11.8 Å². The van der Waals surface area contributed by atoms with E-state index in [1.165, 1.54) is 16.4 Å². The van der Waals surface area contributed by atoms with Crippen LogP contribution in [0.1, 0.15) is 10.4 Å². The summed E-state index contributed by atoms with van der Waals surface area (Å²) in [5.41, 5.74) is 6.62. The molecule has 1 aromatic carbocycles. The molecule has 2 aromatic rings. The molecule has 0 aliphatic rings. The molecule has 0 bridgehead atoms. The minimum Gasteiger partial charge on any atom is -0.477 e. The molecule has 88 valence electrons. The SMILES string of the molecule is CSc1nn(-c2ccccc2)c(N)c1C(=O)O. The number of para-hydroxylation sites is 1. The van der Waals surface area contributed by atoms with E-state index in [9.17, 15) is 4.79 Å². The largest absolute Gasteiger partial charge is 0.477 e. The molecule has 1 aromatic heterocycles. The van der Waals surface area contributed by atoms with Crippen LogP contribution in [0.4, 0.5) is 5.82 Å². The first-order chi connectivity index (χ1) is 8.15. The Bertz CT molecular complexity index is 551. The number of aromatic carboxylic acids is 1. The minimum absolute atomic E-state index is 0.0568. The molecule has 1 heterocycles. The maximum Gasteiger partial charge on any atom is 0.342 e. The summed E-state index contributed by atoms with van der Waals surface area (Å²) in [4.78, 5) is 11.1. The Labute approximate surface area is 102 Å². The second-order valence-corrected chi connectivity index (χ2v) is 4.12. The number of carbonyl (C=O) groups is 1. The van der Waals surface area contributed by atoms with Crippen molar-refractivity contribution in [3.05, 3.63) is 35.9 Å². The number of carboxylic acids is 1. The molecule has 0 saturated carbocycles. The van der Waals surface area contributed by atoms with Crippen molar-refractivity contribution in [3.8, 4) is 5.69 Å². The van der Waals surface area contributed by atoms with E-state index in [2.05, 4.69) is 5.10 Å². The number of aromatic nitrogens is 2. The zero-order valence-corrected chi connectivity index (χ0v) is 9.94. The summed E-state index contributed by atoms with van der Waals surface area (Å²) >= 11 is 1.26. The van der Waals surface area contributed by atoms with E-state index in [4.69, 9.17) is 10.8 Å². The van der Waals surface area contributed by atoms with Gasteiger partial charge in [-0.2, -0.15) is 5.10 Å². The Morgan fingerprint density at radius 3 is 2.53 bits per heavy atom. The third-order valence-corrected chi connectivity index (χ3v) is 2.97. The van der Waals surface area contributed by atoms with E-state index in [0.717, 1.165) is 5.69 Å². The van der Waals surface area contributed by atoms with Crippen LogP contribution < -0.4 is 5.73 Å². The molecular weight excluding hydrogens is 238 g/mol. The highest BCUT2D eigenvalue weighted by atomic mass is 32.2. The van der Waals surface area contributed by atoms with Gasteiger partial charge in [-0.25, -0.2) is 9.48 Å². The van der Waals surface area contributed by atoms with Gasteiger partial charge in [0.05, 0.1) is 5.69 Å². The molecule has 0 amide bonds. The second-order valence-electron chi connectivity index (χ2n) is 3.32. The van der Waals surface area contributed by atoms with Gasteiger partial charge in [0, 0.05) is 0 Å². The highest BCUT2D eigenvalue weighted by molar-refractivity contribution is 7.98. The summed E-state index contributed by atoms with van der Waals surface area (Å²) in [6.45, 7) is 0. The number of anilines is 1. The summed E-state index contributed by atoms with van der Waals surface area (Å²) in [7, 11) is 0. The zero-order chi connectivity index (χ0) is 12.4. The summed E-state index contributed by atoms with van der Waals surface area (Å²) < 4.78 is 1.44. The van der Waals surface area contributed by atoms with Gasteiger partial charge in [-0.15, -0.1) is 11.8 Å². The standard InChI is InChI=1S/C11H11N3O2S/c1-17-10-8(11(15)16)9(12)14(13-10)7-5-3-2-4-6-7/h2-6H,12H2,1H3,(H,15,16). The van der Waals surface area contributed by atoms with Gasteiger partial charge < -0.3 is 10.8 Å². The van der Waals surface area contributed by atoms with E-state index in [-0.39, 0.29) is 11.4 Å². The maximum absolute atomic E-state index is 11.1. The van der Waals surface area contributed by atoms with Crippen molar-refractivity contribution >= 4 is 23.5 Å². The van der Waals surface area contributed by atoms with Gasteiger partial charge in [0.15, 0.2) is 0 Å². The van der Waals surface area contributed by atoms with E-state index in [1.54, 1.807) is 6.26 Å². The van der Waals surface area contributed by atoms with Crippen LogP contribution in [0.5, 0.6) is 0 Å². The third-order valence-electron chi connectivity index (χ3n) is 2.30. The fraction of sp³-hybridized carbons (Fsp3) is 0.0909. The average molecular weight is 249 g/mol. The highest BCUT2D eigenvalue weighted by Crippen LogP contribution is 2.26. The quantitative estimate of drug-likeness (QED) is 0.812. The zero-order valence-electron chi connectivity index (χ0n) is 9.12. The lowest BCUT2D eigenvalue weighted by atomic mass is 10.3. The van der Waals surface area contributed by atoms with Gasteiger partial charge in [-0.05, 0) is 18.4 Å². The molecule has 6 heteroatoms. The van der Waals surface area contributed by atoms with Crippen LogP contribution in [-0.2, 0) is 0 Å². The summed E-state index contributed by atoms with van der Waals surface area (Å²) in [5.74, 6) is -0.915. The van der Waals surface area contributed by atoms with Crippen molar-refractivity contribution in [2.45, 2.75) is 5.03 Å². The van der Waals surface area contributed by atoms with Gasteiger partial charge in [-0.1, -0.05) is 18.2 Å². The number of benzene rings is 1. The Hall–Kier alpha value is -1.95. The molecule has 0 aliphatic carbocycles. The molecule has 5 nitrogen and oxygen atoms in total. The average Bonchev–Trinajstić information content (AvgIpc) is 2.67. The molecule has 0 radical (unpaired) electrons. The fourth-order valence-corrected chi connectivity index (χ4v) is 2.08. The van der Waals surface area contributed by atoms with Crippen molar-refractivity contribution in [1.82, 2.24) is 9.78 Å². The molecule has 2 rings (SSSR count). The van der Waals surface area contributed by atoms with Gasteiger partial charge in [-0.3, -0.25) is 0 Å². The van der Waals surface area contributed by atoms with Crippen LogP contribution in [0, 0.1) is 0 Å². The van der Waals surface area contributed by atoms with Gasteiger partial charge in [0.1, 0.15) is 16.4 Å². The highest BCUT2D eigenvalue weighted by Gasteiger charge is 2.21. The van der Waals surface area contributed by atoms with Gasteiger partial charge in [0.25, 0.3) is 0 Å². The Kier molecular flexibility index (Phi) is 3.06. The lowest BCUT2D eigenvalue weighted by Gasteiger charge is -2.02. The lowest BCUT2D eigenvalue weighted by Crippen LogP contribution is -2.05. The number of hydrogen-bond donors (Lipinski definition) is 2. The second kappa shape index (κ2) is 4.50. The Morgan fingerprint density at radius 1 is 1.41 bits per heavy atom. The Morgan fingerprint density at radius 2 is 2.06 bits per heavy atom. The molecule has 0 spiro atoms. The predicted octanol–water partition coefficient (Wildman–Crippen LogP) is 1.87. The van der Waals surface area contributed by atoms with Crippen molar-refractivity contribution in [3.63, 3.8) is 0 Å². The van der Waals surface area contributed by atoms with E-state index >= 15 is 0 Å². The van der Waals surface area contributed by atoms with Crippen LogP contribution in [-0.4, -0.2) is 27.1 Å². The van der Waals surface area contributed by atoms with E-state index in [1.807, 2.05) is 30.3 Å². The van der Waals surface area contributed by atoms with Crippen molar-refractivity contribution in [2.75, 3.05) is 12.0 Å². The molecule has 3 N–H and O–H groups in total. The summed E-state index contributed by atoms with van der Waals surface area (Å²) in [6.07, 6.45) is 1.77. The van der Waals surface area contributed by atoms with E-state index in [0.29, 0.717) is 5.03 Å².